The van der Waals surface area contributed by atoms with Crippen LogP contribution in [0.5, 0.6) is 0 Å². The van der Waals surface area contributed by atoms with Crippen LogP contribution >= 0.6 is 15.9 Å². The summed E-state index contributed by atoms with van der Waals surface area (Å²) in [4.78, 5) is 0. The molecule has 2 heteroatoms. The minimum atomic E-state index is 0.734. The molecule has 0 atom stereocenters. The van der Waals surface area contributed by atoms with E-state index in [4.69, 9.17) is 4.42 Å². The van der Waals surface area contributed by atoms with Gasteiger partial charge < -0.3 is 4.42 Å². The number of benzene rings is 4. The molecule has 0 fully saturated rings. The molecule has 0 aliphatic heterocycles. The lowest BCUT2D eigenvalue weighted by atomic mass is 9.90. The van der Waals surface area contributed by atoms with Gasteiger partial charge in [0.1, 0.15) is 11.2 Å². The normalized spacial score (nSPS) is 11.3. The quantitative estimate of drug-likeness (QED) is 0.266. The van der Waals surface area contributed by atoms with Gasteiger partial charge in [-0.1, -0.05) is 89.2 Å². The zero-order valence-electron chi connectivity index (χ0n) is 16.8. The van der Waals surface area contributed by atoms with Crippen LogP contribution in [0.3, 0.4) is 0 Å². The van der Waals surface area contributed by atoms with Gasteiger partial charge in [0.05, 0.1) is 0 Å². The van der Waals surface area contributed by atoms with Gasteiger partial charge in [0, 0.05) is 21.7 Å². The predicted molar refractivity (Wildman–Crippen MR) is 131 cm³/mol. The number of fused-ring (bicyclic) bond motifs is 3. The molecule has 0 bridgehead atoms. The summed E-state index contributed by atoms with van der Waals surface area (Å²) in [6.45, 7) is 6.62. The van der Waals surface area contributed by atoms with Crippen LogP contribution in [0.4, 0.5) is 0 Å². The molecule has 0 aliphatic rings. The molecule has 1 aromatic heterocycles. The van der Waals surface area contributed by atoms with E-state index in [0.717, 1.165) is 44.0 Å². The molecule has 4 aromatic carbocycles. The van der Waals surface area contributed by atoms with Crippen molar-refractivity contribution in [3.05, 3.63) is 113 Å². The Kier molecular flexibility index (Phi) is 4.80. The van der Waals surface area contributed by atoms with Gasteiger partial charge in [0.2, 0.25) is 0 Å². The van der Waals surface area contributed by atoms with Gasteiger partial charge in [-0.25, -0.2) is 0 Å². The molecule has 0 saturated heterocycles. The molecule has 0 unspecified atom stereocenters. The highest BCUT2D eigenvalue weighted by atomic mass is 79.9. The third kappa shape index (κ3) is 3.28. The second-order valence-electron chi connectivity index (χ2n) is 7.68. The lowest BCUT2D eigenvalue weighted by Crippen LogP contribution is -1.95. The molecular formula is C28H21BrO. The fourth-order valence-corrected chi connectivity index (χ4v) is 4.55. The minimum absolute atomic E-state index is 0.734. The van der Waals surface area contributed by atoms with E-state index in [1.54, 1.807) is 0 Å². The minimum Gasteiger partial charge on any atom is -0.456 e. The Bertz CT molecular complexity index is 1410. The van der Waals surface area contributed by atoms with Gasteiger partial charge in [0.15, 0.2) is 0 Å². The van der Waals surface area contributed by atoms with Gasteiger partial charge in [0.25, 0.3) is 0 Å². The summed E-state index contributed by atoms with van der Waals surface area (Å²) in [5, 5.41) is 2.31. The van der Waals surface area contributed by atoms with Crippen LogP contribution < -0.4 is 0 Å². The molecule has 1 heterocycles. The molecule has 5 aromatic rings. The highest BCUT2D eigenvalue weighted by Gasteiger charge is 2.15. The van der Waals surface area contributed by atoms with E-state index >= 15 is 0 Å². The van der Waals surface area contributed by atoms with Crippen molar-refractivity contribution >= 4 is 43.4 Å². The van der Waals surface area contributed by atoms with E-state index in [1.165, 1.54) is 22.3 Å². The molecule has 0 radical (unpaired) electrons. The summed E-state index contributed by atoms with van der Waals surface area (Å²) >= 11 is 3.64. The molecule has 0 N–H and O–H groups in total. The monoisotopic (exact) mass is 452 g/mol. The predicted octanol–water partition coefficient (Wildman–Crippen LogP) is 8.58. The lowest BCUT2D eigenvalue weighted by Gasteiger charge is -2.15. The summed E-state index contributed by atoms with van der Waals surface area (Å²) < 4.78 is 7.29. The molecule has 0 aliphatic carbocycles. The summed E-state index contributed by atoms with van der Waals surface area (Å²) in [5.41, 5.74) is 8.97. The third-order valence-corrected chi connectivity index (χ3v) is 6.18. The molecule has 30 heavy (non-hydrogen) atoms. The van der Waals surface area contributed by atoms with Crippen LogP contribution in [0.25, 0.3) is 38.6 Å². The first kappa shape index (κ1) is 18.9. The molecule has 0 amide bonds. The van der Waals surface area contributed by atoms with Crippen LogP contribution in [-0.4, -0.2) is 0 Å². The number of aryl methyl sites for hydroxylation is 1. The van der Waals surface area contributed by atoms with Crippen molar-refractivity contribution in [1.82, 2.24) is 0 Å². The standard InChI is InChI=1S/C28H21BrO/c1-18-8-3-4-10-22(18)26-17-21(29)14-15-23(26)19(2)16-20-9-7-12-25-24-11-5-6-13-27(24)30-28(20)25/h3-15,17H,2,16H2,1H3. The number of rotatable bonds is 4. The van der Waals surface area contributed by atoms with Crippen molar-refractivity contribution in [3.63, 3.8) is 0 Å². The Morgan fingerprint density at radius 3 is 2.47 bits per heavy atom. The van der Waals surface area contributed by atoms with Crippen LogP contribution in [-0.2, 0) is 6.42 Å². The Morgan fingerprint density at radius 2 is 1.60 bits per heavy atom. The van der Waals surface area contributed by atoms with E-state index in [0.29, 0.717) is 0 Å². The summed E-state index contributed by atoms with van der Waals surface area (Å²) in [7, 11) is 0. The lowest BCUT2D eigenvalue weighted by molar-refractivity contribution is 0.664. The fraction of sp³-hybridized carbons (Fsp3) is 0.0714. The first-order chi connectivity index (χ1) is 14.6. The van der Waals surface area contributed by atoms with Crippen LogP contribution in [0.15, 0.2) is 100 Å². The molecule has 5 rings (SSSR count). The van der Waals surface area contributed by atoms with Gasteiger partial charge in [-0.3, -0.25) is 0 Å². The highest BCUT2D eigenvalue weighted by molar-refractivity contribution is 9.10. The maximum atomic E-state index is 6.22. The van der Waals surface area contributed by atoms with Crippen molar-refractivity contribution in [2.24, 2.45) is 0 Å². The second kappa shape index (κ2) is 7.62. The Balaban J connectivity index is 1.60. The van der Waals surface area contributed by atoms with Gasteiger partial charge in [-0.15, -0.1) is 0 Å². The largest absolute Gasteiger partial charge is 0.456 e. The first-order valence-corrected chi connectivity index (χ1v) is 10.8. The average molecular weight is 453 g/mol. The first-order valence-electron chi connectivity index (χ1n) is 10.0. The van der Waals surface area contributed by atoms with E-state index in [2.05, 4.69) is 102 Å². The van der Waals surface area contributed by atoms with Gasteiger partial charge in [-0.05, 0) is 58.5 Å². The topological polar surface area (TPSA) is 13.1 Å². The Labute approximate surface area is 184 Å². The van der Waals surface area contributed by atoms with E-state index in [-0.39, 0.29) is 0 Å². The molecule has 1 nitrogen and oxygen atoms in total. The van der Waals surface area contributed by atoms with Crippen molar-refractivity contribution in [2.45, 2.75) is 13.3 Å². The summed E-state index contributed by atoms with van der Waals surface area (Å²) in [6.07, 6.45) is 0.734. The zero-order chi connectivity index (χ0) is 20.7. The average Bonchev–Trinajstić information content (AvgIpc) is 3.14. The molecule has 0 saturated carbocycles. The highest BCUT2D eigenvalue weighted by Crippen LogP contribution is 2.36. The van der Waals surface area contributed by atoms with Crippen molar-refractivity contribution < 1.29 is 4.42 Å². The summed E-state index contributed by atoms with van der Waals surface area (Å²) in [6, 6.07) is 29.5. The number of allylic oxidation sites excluding steroid dienone is 1. The maximum Gasteiger partial charge on any atom is 0.138 e. The zero-order valence-corrected chi connectivity index (χ0v) is 18.4. The third-order valence-electron chi connectivity index (χ3n) is 5.69. The van der Waals surface area contributed by atoms with Crippen molar-refractivity contribution in [3.8, 4) is 11.1 Å². The smallest absolute Gasteiger partial charge is 0.138 e. The van der Waals surface area contributed by atoms with E-state index in [9.17, 15) is 0 Å². The van der Waals surface area contributed by atoms with E-state index in [1.807, 2.05) is 12.1 Å². The number of furan rings is 1. The number of hydrogen-bond donors (Lipinski definition) is 0. The van der Waals surface area contributed by atoms with Crippen molar-refractivity contribution in [1.29, 1.82) is 0 Å². The number of halogens is 1. The van der Waals surface area contributed by atoms with Crippen LogP contribution in [0.1, 0.15) is 16.7 Å². The van der Waals surface area contributed by atoms with Gasteiger partial charge in [-0.2, -0.15) is 0 Å². The SMILES string of the molecule is C=C(Cc1cccc2c1oc1ccccc12)c1ccc(Br)cc1-c1ccccc1C. The van der Waals surface area contributed by atoms with E-state index < -0.39 is 0 Å². The molecule has 146 valence electrons. The second-order valence-corrected chi connectivity index (χ2v) is 8.59. The Morgan fingerprint density at radius 1 is 0.833 bits per heavy atom. The Hall–Kier alpha value is -3.10. The van der Waals surface area contributed by atoms with Crippen molar-refractivity contribution in [2.75, 3.05) is 0 Å². The number of para-hydroxylation sites is 2. The van der Waals surface area contributed by atoms with Crippen LogP contribution in [0, 0.1) is 6.92 Å². The molecule has 0 spiro atoms. The summed E-state index contributed by atoms with van der Waals surface area (Å²) in [5.74, 6) is 0. The number of hydrogen-bond acceptors (Lipinski definition) is 1. The maximum absolute atomic E-state index is 6.22. The molecular weight excluding hydrogens is 432 g/mol. The van der Waals surface area contributed by atoms with Crippen LogP contribution in [0.2, 0.25) is 0 Å². The van der Waals surface area contributed by atoms with Gasteiger partial charge >= 0.3 is 0 Å². The fourth-order valence-electron chi connectivity index (χ4n) is 4.19.